The van der Waals surface area contributed by atoms with E-state index in [9.17, 15) is 0 Å². The molecule has 0 amide bonds. The lowest BCUT2D eigenvalue weighted by molar-refractivity contribution is 0.526. The van der Waals surface area contributed by atoms with Crippen molar-refractivity contribution >= 4 is 0 Å². The lowest BCUT2D eigenvalue weighted by Crippen LogP contribution is -2.29. The molecule has 2 aromatic rings. The fourth-order valence-corrected chi connectivity index (χ4v) is 2.65. The van der Waals surface area contributed by atoms with Crippen molar-refractivity contribution in [2.45, 2.75) is 46.1 Å². The van der Waals surface area contributed by atoms with E-state index in [0.29, 0.717) is 12.0 Å². The summed E-state index contributed by atoms with van der Waals surface area (Å²) in [4.78, 5) is 0. The van der Waals surface area contributed by atoms with Gasteiger partial charge in [-0.15, -0.1) is 0 Å². The highest BCUT2D eigenvalue weighted by Crippen LogP contribution is 2.21. The smallest absolute Gasteiger partial charge is 0.00257 e. The van der Waals surface area contributed by atoms with Crippen molar-refractivity contribution in [3.05, 3.63) is 70.8 Å². The van der Waals surface area contributed by atoms with Crippen LogP contribution in [0, 0.1) is 13.8 Å². The SMILES string of the molecule is Cc1ccc(C(CNC(C)C)Cc2cccc(C)c2)cc1. The molecule has 0 aromatic heterocycles. The monoisotopic (exact) mass is 281 g/mol. The molecule has 1 unspecified atom stereocenters. The molecule has 0 saturated heterocycles. The van der Waals surface area contributed by atoms with Gasteiger partial charge in [-0.05, 0) is 31.4 Å². The Morgan fingerprint density at radius 3 is 2.24 bits per heavy atom. The third-order valence-corrected chi connectivity index (χ3v) is 3.89. The largest absolute Gasteiger partial charge is 0.314 e. The standard InChI is InChI=1S/C20H27N/c1-15(2)21-14-20(19-10-8-16(3)9-11-19)13-18-7-5-6-17(4)12-18/h5-12,15,20-21H,13-14H2,1-4H3. The summed E-state index contributed by atoms with van der Waals surface area (Å²) >= 11 is 0. The molecule has 21 heavy (non-hydrogen) atoms. The molecule has 0 saturated carbocycles. The highest BCUT2D eigenvalue weighted by molar-refractivity contribution is 5.29. The summed E-state index contributed by atoms with van der Waals surface area (Å²) in [5.74, 6) is 0.523. The fraction of sp³-hybridized carbons (Fsp3) is 0.400. The van der Waals surface area contributed by atoms with E-state index in [1.165, 1.54) is 22.3 Å². The topological polar surface area (TPSA) is 12.0 Å². The van der Waals surface area contributed by atoms with Gasteiger partial charge in [-0.2, -0.15) is 0 Å². The molecule has 2 aromatic carbocycles. The highest BCUT2D eigenvalue weighted by atomic mass is 14.9. The van der Waals surface area contributed by atoms with Crippen LogP contribution in [-0.4, -0.2) is 12.6 Å². The van der Waals surface area contributed by atoms with Crippen molar-refractivity contribution in [2.24, 2.45) is 0 Å². The number of rotatable bonds is 6. The van der Waals surface area contributed by atoms with Crippen molar-refractivity contribution in [2.75, 3.05) is 6.54 Å². The van der Waals surface area contributed by atoms with Crippen molar-refractivity contribution < 1.29 is 0 Å². The average Bonchev–Trinajstić information content (AvgIpc) is 2.44. The summed E-state index contributed by atoms with van der Waals surface area (Å²) < 4.78 is 0. The minimum atomic E-state index is 0.523. The van der Waals surface area contributed by atoms with E-state index < -0.39 is 0 Å². The van der Waals surface area contributed by atoms with Crippen molar-refractivity contribution in [1.29, 1.82) is 0 Å². The molecular weight excluding hydrogens is 254 g/mol. The number of aryl methyl sites for hydroxylation is 2. The van der Waals surface area contributed by atoms with Crippen LogP contribution < -0.4 is 5.32 Å². The maximum absolute atomic E-state index is 3.59. The minimum Gasteiger partial charge on any atom is -0.314 e. The molecule has 2 rings (SSSR count). The van der Waals surface area contributed by atoms with E-state index in [4.69, 9.17) is 0 Å². The Kier molecular flexibility index (Phi) is 5.58. The van der Waals surface area contributed by atoms with Crippen LogP contribution in [-0.2, 0) is 6.42 Å². The van der Waals surface area contributed by atoms with Crippen LogP contribution in [0.3, 0.4) is 0 Å². The van der Waals surface area contributed by atoms with Gasteiger partial charge in [0.25, 0.3) is 0 Å². The third kappa shape index (κ3) is 5.02. The van der Waals surface area contributed by atoms with Gasteiger partial charge in [0.2, 0.25) is 0 Å². The third-order valence-electron chi connectivity index (χ3n) is 3.89. The minimum absolute atomic E-state index is 0.523. The molecule has 0 heterocycles. The van der Waals surface area contributed by atoms with E-state index >= 15 is 0 Å². The van der Waals surface area contributed by atoms with Gasteiger partial charge in [0, 0.05) is 18.5 Å². The second-order valence-electron chi connectivity index (χ2n) is 6.36. The van der Waals surface area contributed by atoms with Crippen molar-refractivity contribution in [1.82, 2.24) is 5.32 Å². The summed E-state index contributed by atoms with van der Waals surface area (Å²) in [7, 11) is 0. The Morgan fingerprint density at radius 1 is 0.905 bits per heavy atom. The van der Waals surface area contributed by atoms with Crippen molar-refractivity contribution in [3.63, 3.8) is 0 Å². The molecule has 1 N–H and O–H groups in total. The summed E-state index contributed by atoms with van der Waals surface area (Å²) in [6, 6.07) is 18.4. The lowest BCUT2D eigenvalue weighted by Gasteiger charge is -2.20. The second kappa shape index (κ2) is 7.42. The number of benzene rings is 2. The van der Waals surface area contributed by atoms with Crippen LogP contribution in [0.2, 0.25) is 0 Å². The van der Waals surface area contributed by atoms with Gasteiger partial charge in [0.1, 0.15) is 0 Å². The van der Waals surface area contributed by atoms with E-state index in [1.54, 1.807) is 0 Å². The van der Waals surface area contributed by atoms with E-state index in [0.717, 1.165) is 13.0 Å². The lowest BCUT2D eigenvalue weighted by atomic mass is 9.90. The summed E-state index contributed by atoms with van der Waals surface area (Å²) in [6.45, 7) is 9.74. The molecular formula is C20H27N. The van der Waals surface area contributed by atoms with E-state index in [1.807, 2.05) is 0 Å². The Morgan fingerprint density at radius 2 is 1.62 bits per heavy atom. The zero-order valence-electron chi connectivity index (χ0n) is 13.7. The first-order valence-corrected chi connectivity index (χ1v) is 7.90. The van der Waals surface area contributed by atoms with Crippen molar-refractivity contribution in [3.8, 4) is 0 Å². The van der Waals surface area contributed by atoms with Crippen LogP contribution >= 0.6 is 0 Å². The molecule has 0 radical (unpaired) electrons. The van der Waals surface area contributed by atoms with Gasteiger partial charge in [-0.25, -0.2) is 0 Å². The van der Waals surface area contributed by atoms with Gasteiger partial charge in [-0.1, -0.05) is 73.5 Å². The molecule has 1 nitrogen and oxygen atoms in total. The normalized spacial score (nSPS) is 12.6. The Bertz CT molecular complexity index is 554. The first-order valence-electron chi connectivity index (χ1n) is 7.90. The number of hydrogen-bond donors (Lipinski definition) is 1. The molecule has 0 aliphatic carbocycles. The summed E-state index contributed by atoms with van der Waals surface area (Å²) in [5, 5.41) is 3.59. The van der Waals surface area contributed by atoms with Gasteiger partial charge >= 0.3 is 0 Å². The Labute approximate surface area is 129 Å². The Balaban J connectivity index is 2.17. The molecule has 0 fully saturated rings. The predicted octanol–water partition coefficient (Wildman–Crippen LogP) is 4.63. The molecule has 0 spiro atoms. The Hall–Kier alpha value is -1.60. The van der Waals surface area contributed by atoms with Gasteiger partial charge in [-0.3, -0.25) is 0 Å². The van der Waals surface area contributed by atoms with Gasteiger partial charge in [0.15, 0.2) is 0 Å². The number of nitrogens with one attached hydrogen (secondary N) is 1. The van der Waals surface area contributed by atoms with Crippen LogP contribution in [0.25, 0.3) is 0 Å². The quantitative estimate of drug-likeness (QED) is 0.814. The molecule has 0 aliphatic heterocycles. The molecule has 1 atom stereocenters. The summed E-state index contributed by atoms with van der Waals surface area (Å²) in [5.41, 5.74) is 5.51. The first-order chi connectivity index (χ1) is 10.0. The first kappa shape index (κ1) is 15.8. The predicted molar refractivity (Wildman–Crippen MR) is 91.9 cm³/mol. The highest BCUT2D eigenvalue weighted by Gasteiger charge is 2.13. The summed E-state index contributed by atoms with van der Waals surface area (Å²) in [6.07, 6.45) is 1.09. The zero-order valence-corrected chi connectivity index (χ0v) is 13.7. The van der Waals surface area contributed by atoms with Crippen LogP contribution in [0.1, 0.15) is 42.0 Å². The molecule has 112 valence electrons. The molecule has 1 heteroatoms. The zero-order chi connectivity index (χ0) is 15.2. The number of hydrogen-bond acceptors (Lipinski definition) is 1. The van der Waals surface area contributed by atoms with Gasteiger partial charge in [0.05, 0.1) is 0 Å². The molecule has 0 bridgehead atoms. The van der Waals surface area contributed by atoms with Crippen LogP contribution in [0.5, 0.6) is 0 Å². The van der Waals surface area contributed by atoms with Gasteiger partial charge < -0.3 is 5.32 Å². The van der Waals surface area contributed by atoms with E-state index in [2.05, 4.69) is 81.5 Å². The average molecular weight is 281 g/mol. The fourth-order valence-electron chi connectivity index (χ4n) is 2.65. The maximum Gasteiger partial charge on any atom is 0.00257 e. The van der Waals surface area contributed by atoms with Crippen LogP contribution in [0.15, 0.2) is 48.5 Å². The molecule has 0 aliphatic rings. The second-order valence-corrected chi connectivity index (χ2v) is 6.36. The van der Waals surface area contributed by atoms with Crippen LogP contribution in [0.4, 0.5) is 0 Å². The maximum atomic E-state index is 3.59. The van der Waals surface area contributed by atoms with E-state index in [-0.39, 0.29) is 0 Å².